The van der Waals surface area contributed by atoms with E-state index in [-0.39, 0.29) is 0 Å². The number of nitrogens with zero attached hydrogens (tertiary/aromatic N) is 1. The van der Waals surface area contributed by atoms with Gasteiger partial charge in [0.1, 0.15) is 0 Å². The van der Waals surface area contributed by atoms with E-state index in [1.807, 2.05) is 25.1 Å². The summed E-state index contributed by atoms with van der Waals surface area (Å²) in [6, 6.07) is 12.8. The number of hydrogen-bond donors (Lipinski definition) is 1. The van der Waals surface area contributed by atoms with E-state index in [1.165, 1.54) is 6.26 Å². The second-order valence-electron chi connectivity index (χ2n) is 4.86. The van der Waals surface area contributed by atoms with Crippen LogP contribution in [0.25, 0.3) is 10.2 Å². The maximum absolute atomic E-state index is 11.4. The fourth-order valence-corrected chi connectivity index (χ4v) is 3.64. The third kappa shape index (κ3) is 2.91. The van der Waals surface area contributed by atoms with Crippen LogP contribution in [0.3, 0.4) is 0 Å². The molecular formula is C15H14N2O2S2. The molecular weight excluding hydrogens is 304 g/mol. The van der Waals surface area contributed by atoms with Gasteiger partial charge in [-0.15, -0.1) is 0 Å². The minimum absolute atomic E-state index is 0.313. The van der Waals surface area contributed by atoms with Gasteiger partial charge in [0.2, 0.25) is 0 Å². The van der Waals surface area contributed by atoms with Gasteiger partial charge in [0.15, 0.2) is 15.0 Å². The van der Waals surface area contributed by atoms with Crippen molar-refractivity contribution in [2.24, 2.45) is 0 Å². The second-order valence-corrected chi connectivity index (χ2v) is 7.91. The van der Waals surface area contributed by atoms with Gasteiger partial charge in [-0.2, -0.15) is 0 Å². The maximum Gasteiger partial charge on any atom is 0.188 e. The fraction of sp³-hybridized carbons (Fsp3) is 0.133. The molecule has 0 aliphatic rings. The van der Waals surface area contributed by atoms with Gasteiger partial charge in [-0.25, -0.2) is 13.4 Å². The van der Waals surface area contributed by atoms with Crippen LogP contribution >= 0.6 is 11.3 Å². The first-order chi connectivity index (χ1) is 9.93. The molecule has 0 saturated carbocycles. The predicted octanol–water partition coefficient (Wildman–Crippen LogP) is 3.75. The highest BCUT2D eigenvalue weighted by Crippen LogP contribution is 2.30. The third-order valence-electron chi connectivity index (χ3n) is 3.15. The van der Waals surface area contributed by atoms with E-state index in [0.717, 1.165) is 26.6 Å². The average Bonchev–Trinajstić information content (AvgIpc) is 2.82. The standard InChI is InChI=1S/C15H14N2O2S2/c1-10-4-3-5-13-14(10)17-15(20-13)16-11-6-8-12(9-7-11)21(2,18)19/h3-9H,1-2H3,(H,16,17). The average molecular weight is 318 g/mol. The number of sulfone groups is 1. The van der Waals surface area contributed by atoms with Crippen LogP contribution in [0.5, 0.6) is 0 Å². The van der Waals surface area contributed by atoms with Crippen LogP contribution in [0.4, 0.5) is 10.8 Å². The van der Waals surface area contributed by atoms with Gasteiger partial charge in [0, 0.05) is 11.9 Å². The molecule has 0 aliphatic heterocycles. The highest BCUT2D eigenvalue weighted by atomic mass is 32.2. The Bertz CT molecular complexity index is 897. The monoisotopic (exact) mass is 318 g/mol. The number of aromatic nitrogens is 1. The zero-order chi connectivity index (χ0) is 15.0. The number of aryl methyl sites for hydroxylation is 1. The number of nitrogens with one attached hydrogen (secondary N) is 1. The summed E-state index contributed by atoms with van der Waals surface area (Å²) in [5, 5.41) is 4.01. The van der Waals surface area contributed by atoms with E-state index in [1.54, 1.807) is 35.6 Å². The first kappa shape index (κ1) is 14.0. The molecule has 3 aromatic rings. The van der Waals surface area contributed by atoms with Crippen molar-refractivity contribution < 1.29 is 8.42 Å². The van der Waals surface area contributed by atoms with Crippen molar-refractivity contribution in [1.82, 2.24) is 4.98 Å². The van der Waals surface area contributed by atoms with Gasteiger partial charge in [-0.05, 0) is 42.8 Å². The summed E-state index contributed by atoms with van der Waals surface area (Å²) in [7, 11) is -3.16. The molecule has 0 saturated heterocycles. The Kier molecular flexibility index (Phi) is 3.43. The van der Waals surface area contributed by atoms with E-state index in [9.17, 15) is 8.42 Å². The van der Waals surface area contributed by atoms with Gasteiger partial charge in [0.05, 0.1) is 15.1 Å². The lowest BCUT2D eigenvalue weighted by Gasteiger charge is -2.03. The molecule has 0 aliphatic carbocycles. The Morgan fingerprint density at radius 2 is 1.81 bits per heavy atom. The van der Waals surface area contributed by atoms with Crippen molar-refractivity contribution in [1.29, 1.82) is 0 Å². The summed E-state index contributed by atoms with van der Waals surface area (Å²) in [5.41, 5.74) is 2.96. The van der Waals surface area contributed by atoms with Crippen LogP contribution in [0, 0.1) is 6.92 Å². The maximum atomic E-state index is 11.4. The Balaban J connectivity index is 1.90. The van der Waals surface area contributed by atoms with Crippen LogP contribution < -0.4 is 5.32 Å². The molecule has 0 amide bonds. The molecule has 1 N–H and O–H groups in total. The third-order valence-corrected chi connectivity index (χ3v) is 5.22. The lowest BCUT2D eigenvalue weighted by molar-refractivity contribution is 0.602. The van der Waals surface area contributed by atoms with Crippen molar-refractivity contribution in [3.8, 4) is 0 Å². The summed E-state index contributed by atoms with van der Waals surface area (Å²) in [5.74, 6) is 0. The minimum atomic E-state index is -3.16. The van der Waals surface area contributed by atoms with Crippen LogP contribution in [0.2, 0.25) is 0 Å². The molecule has 6 heteroatoms. The zero-order valence-electron chi connectivity index (χ0n) is 11.6. The molecule has 108 valence electrons. The number of rotatable bonds is 3. The van der Waals surface area contributed by atoms with Crippen LogP contribution in [-0.2, 0) is 9.84 Å². The van der Waals surface area contributed by atoms with Crippen LogP contribution in [0.15, 0.2) is 47.4 Å². The minimum Gasteiger partial charge on any atom is -0.332 e. The van der Waals surface area contributed by atoms with Gasteiger partial charge < -0.3 is 5.32 Å². The summed E-state index contributed by atoms with van der Waals surface area (Å²) in [6.07, 6.45) is 1.20. The van der Waals surface area contributed by atoms with Crippen molar-refractivity contribution >= 4 is 42.2 Å². The topological polar surface area (TPSA) is 59.1 Å². The molecule has 0 spiro atoms. The predicted molar refractivity (Wildman–Crippen MR) is 87.2 cm³/mol. The molecule has 1 aromatic heterocycles. The zero-order valence-corrected chi connectivity index (χ0v) is 13.3. The summed E-state index contributed by atoms with van der Waals surface area (Å²) in [6.45, 7) is 2.03. The molecule has 0 radical (unpaired) electrons. The van der Waals surface area contributed by atoms with Gasteiger partial charge in [0.25, 0.3) is 0 Å². The first-order valence-corrected chi connectivity index (χ1v) is 9.07. The molecule has 0 unspecified atom stereocenters. The van der Waals surface area contributed by atoms with Crippen molar-refractivity contribution in [2.75, 3.05) is 11.6 Å². The van der Waals surface area contributed by atoms with E-state index >= 15 is 0 Å². The summed E-state index contributed by atoms with van der Waals surface area (Å²) < 4.78 is 24.0. The normalized spacial score (nSPS) is 11.7. The van der Waals surface area contributed by atoms with E-state index < -0.39 is 9.84 Å². The first-order valence-electron chi connectivity index (χ1n) is 6.37. The molecule has 0 bridgehead atoms. The number of hydrogen-bond acceptors (Lipinski definition) is 5. The smallest absolute Gasteiger partial charge is 0.188 e. The van der Waals surface area contributed by atoms with Crippen molar-refractivity contribution in [3.63, 3.8) is 0 Å². The lowest BCUT2D eigenvalue weighted by Crippen LogP contribution is -1.97. The second kappa shape index (κ2) is 5.13. The largest absolute Gasteiger partial charge is 0.332 e. The number of fused-ring (bicyclic) bond motifs is 1. The Morgan fingerprint density at radius 1 is 1.10 bits per heavy atom. The summed E-state index contributed by atoms with van der Waals surface area (Å²) in [4.78, 5) is 4.88. The van der Waals surface area contributed by atoms with E-state index in [2.05, 4.69) is 10.3 Å². The number of thiazole rings is 1. The quantitative estimate of drug-likeness (QED) is 0.799. The Morgan fingerprint density at radius 3 is 2.43 bits per heavy atom. The van der Waals surface area contributed by atoms with E-state index in [4.69, 9.17) is 0 Å². The number of anilines is 2. The number of benzene rings is 2. The fourth-order valence-electron chi connectivity index (χ4n) is 2.05. The lowest BCUT2D eigenvalue weighted by atomic mass is 10.2. The van der Waals surface area contributed by atoms with E-state index in [0.29, 0.717) is 4.90 Å². The molecule has 0 atom stereocenters. The van der Waals surface area contributed by atoms with Crippen LogP contribution in [-0.4, -0.2) is 19.7 Å². The van der Waals surface area contributed by atoms with Crippen LogP contribution in [0.1, 0.15) is 5.56 Å². The molecule has 1 heterocycles. The van der Waals surface area contributed by atoms with Gasteiger partial charge in [-0.1, -0.05) is 23.5 Å². The highest BCUT2D eigenvalue weighted by Gasteiger charge is 2.08. The van der Waals surface area contributed by atoms with Crippen molar-refractivity contribution in [2.45, 2.75) is 11.8 Å². The van der Waals surface area contributed by atoms with Crippen molar-refractivity contribution in [3.05, 3.63) is 48.0 Å². The molecule has 0 fully saturated rings. The SMILES string of the molecule is Cc1cccc2sc(Nc3ccc(S(C)(=O)=O)cc3)nc12. The molecule has 21 heavy (non-hydrogen) atoms. The Labute approximate surface area is 127 Å². The van der Waals surface area contributed by atoms with Gasteiger partial charge >= 0.3 is 0 Å². The molecule has 4 nitrogen and oxygen atoms in total. The number of para-hydroxylation sites is 1. The summed E-state index contributed by atoms with van der Waals surface area (Å²) >= 11 is 1.58. The molecule has 2 aromatic carbocycles. The van der Waals surface area contributed by atoms with Gasteiger partial charge in [-0.3, -0.25) is 0 Å². The Hall–Kier alpha value is -1.92. The molecule has 3 rings (SSSR count). The highest BCUT2D eigenvalue weighted by molar-refractivity contribution is 7.90.